The minimum Gasteiger partial charge on any atom is -0.497 e. The second-order valence-electron chi connectivity index (χ2n) is 7.03. The second-order valence-corrected chi connectivity index (χ2v) is 7.03. The summed E-state index contributed by atoms with van der Waals surface area (Å²) in [6.07, 6.45) is 8.91. The maximum absolute atomic E-state index is 6.40. The van der Waals surface area contributed by atoms with Gasteiger partial charge in [-0.15, -0.1) is 18.9 Å². The fourth-order valence-electron chi connectivity index (χ4n) is 3.48. The number of hydrogen-bond donors (Lipinski definition) is 0. The summed E-state index contributed by atoms with van der Waals surface area (Å²) in [4.78, 5) is 0. The van der Waals surface area contributed by atoms with Crippen molar-refractivity contribution in [3.05, 3.63) is 42.5 Å². The summed E-state index contributed by atoms with van der Waals surface area (Å²) in [6.45, 7) is 10.7. The Kier molecular flexibility index (Phi) is 7.91. The predicted molar refractivity (Wildman–Crippen MR) is 107 cm³/mol. The molecular weight excluding hydrogens is 340 g/mol. The van der Waals surface area contributed by atoms with Gasteiger partial charge in [0.15, 0.2) is 5.79 Å². The number of hydrogen-bond acceptors (Lipinski definition) is 4. The van der Waals surface area contributed by atoms with Crippen molar-refractivity contribution in [1.82, 2.24) is 0 Å². The molecule has 0 radical (unpaired) electrons. The largest absolute Gasteiger partial charge is 0.497 e. The van der Waals surface area contributed by atoms with Gasteiger partial charge in [-0.3, -0.25) is 0 Å². The molecule has 0 aromatic heterocycles. The number of methoxy groups -OCH3 is 1. The molecule has 4 atom stereocenters. The van der Waals surface area contributed by atoms with Gasteiger partial charge in [0.2, 0.25) is 0 Å². The Balaban J connectivity index is 2.17. The fraction of sp³-hybridized carbons (Fsp3) is 0.565. The van der Waals surface area contributed by atoms with E-state index in [1.807, 2.05) is 30.3 Å². The van der Waals surface area contributed by atoms with Crippen LogP contribution in [0.25, 0.3) is 0 Å². The molecule has 1 saturated heterocycles. The highest BCUT2D eigenvalue weighted by molar-refractivity contribution is 5.26. The lowest BCUT2D eigenvalue weighted by atomic mass is 9.93. The summed E-state index contributed by atoms with van der Waals surface area (Å²) >= 11 is 0. The van der Waals surface area contributed by atoms with Crippen LogP contribution in [0.4, 0.5) is 0 Å². The van der Waals surface area contributed by atoms with Crippen LogP contribution in [-0.4, -0.2) is 31.2 Å². The summed E-state index contributed by atoms with van der Waals surface area (Å²) in [5.74, 6) is 3.12. The van der Waals surface area contributed by atoms with Crippen molar-refractivity contribution in [2.45, 2.75) is 70.7 Å². The summed E-state index contributed by atoms with van der Waals surface area (Å²) in [5.41, 5.74) is 1.07. The molecule has 0 N–H and O–H groups in total. The summed E-state index contributed by atoms with van der Waals surface area (Å²) in [5, 5.41) is 0. The van der Waals surface area contributed by atoms with E-state index >= 15 is 0 Å². The van der Waals surface area contributed by atoms with Gasteiger partial charge in [-0.2, -0.15) is 0 Å². The van der Waals surface area contributed by atoms with Crippen molar-refractivity contribution in [3.63, 3.8) is 0 Å². The number of benzene rings is 1. The third-order valence-electron chi connectivity index (χ3n) is 5.26. The third kappa shape index (κ3) is 5.13. The van der Waals surface area contributed by atoms with E-state index in [-0.39, 0.29) is 24.2 Å². The molecule has 1 heterocycles. The van der Waals surface area contributed by atoms with E-state index in [0.717, 1.165) is 24.2 Å². The molecule has 1 fully saturated rings. The van der Waals surface area contributed by atoms with Crippen molar-refractivity contribution in [2.24, 2.45) is 5.92 Å². The molecule has 1 aliphatic heterocycles. The minimum atomic E-state index is -0.582. The van der Waals surface area contributed by atoms with Gasteiger partial charge in [0.1, 0.15) is 18.0 Å². The Hall–Kier alpha value is -1.80. The average molecular weight is 373 g/mol. The van der Waals surface area contributed by atoms with Gasteiger partial charge in [0.25, 0.3) is 0 Å². The first-order valence-electron chi connectivity index (χ1n) is 9.68. The topological polar surface area (TPSA) is 36.9 Å². The van der Waals surface area contributed by atoms with E-state index in [1.165, 1.54) is 0 Å². The Bertz CT molecular complexity index is 627. The van der Waals surface area contributed by atoms with E-state index in [4.69, 9.17) is 25.4 Å². The molecular formula is C23H32O4. The molecule has 27 heavy (non-hydrogen) atoms. The smallest absolute Gasteiger partial charge is 0.169 e. The first-order valence-corrected chi connectivity index (χ1v) is 9.68. The fourth-order valence-corrected chi connectivity index (χ4v) is 3.48. The van der Waals surface area contributed by atoms with Crippen LogP contribution in [0, 0.1) is 18.3 Å². The molecule has 148 valence electrons. The lowest BCUT2D eigenvalue weighted by Gasteiger charge is -2.31. The molecule has 1 aromatic carbocycles. The zero-order valence-electron chi connectivity index (χ0n) is 16.9. The van der Waals surface area contributed by atoms with E-state index < -0.39 is 5.79 Å². The zero-order valence-corrected chi connectivity index (χ0v) is 16.9. The second kappa shape index (κ2) is 9.94. The molecule has 1 aromatic rings. The molecule has 0 bridgehead atoms. The highest BCUT2D eigenvalue weighted by atomic mass is 16.8. The number of ether oxygens (including phenoxy) is 4. The highest BCUT2D eigenvalue weighted by Crippen LogP contribution is 2.38. The molecule has 1 aliphatic rings. The lowest BCUT2D eigenvalue weighted by molar-refractivity contribution is -0.191. The molecule has 0 unspecified atom stereocenters. The number of terminal acetylenes is 1. The minimum absolute atomic E-state index is 0.133. The van der Waals surface area contributed by atoms with E-state index in [0.29, 0.717) is 13.0 Å². The van der Waals surface area contributed by atoms with Gasteiger partial charge in [0, 0.05) is 6.42 Å². The molecule has 2 rings (SSSR count). The normalized spacial score (nSPS) is 23.4. The number of rotatable bonds is 10. The van der Waals surface area contributed by atoms with Crippen LogP contribution >= 0.6 is 0 Å². The monoisotopic (exact) mass is 372 g/mol. The van der Waals surface area contributed by atoms with Crippen LogP contribution in [0.5, 0.6) is 5.75 Å². The van der Waals surface area contributed by atoms with Crippen molar-refractivity contribution in [2.75, 3.05) is 7.11 Å². The highest BCUT2D eigenvalue weighted by Gasteiger charge is 2.48. The van der Waals surface area contributed by atoms with Crippen molar-refractivity contribution in [1.29, 1.82) is 0 Å². The lowest BCUT2D eigenvalue weighted by Crippen LogP contribution is -2.41. The van der Waals surface area contributed by atoms with E-state index in [9.17, 15) is 0 Å². The van der Waals surface area contributed by atoms with Gasteiger partial charge in [0.05, 0.1) is 19.8 Å². The van der Waals surface area contributed by atoms with Crippen molar-refractivity contribution in [3.8, 4) is 18.1 Å². The standard InChI is InChI=1S/C23H32O4/c1-7-11-17(5)21(25-16-18-12-14-19(24-6)15-13-18)22-20(8-2)26-23(9-3,10-4)27-22/h1,8,12-15,17,20-22H,2,9-11,16H2,3-6H3/t17-,20-,21-,22+/m1/s1. The Morgan fingerprint density at radius 3 is 2.44 bits per heavy atom. The van der Waals surface area contributed by atoms with Gasteiger partial charge >= 0.3 is 0 Å². The molecule has 0 aliphatic carbocycles. The van der Waals surface area contributed by atoms with Crippen LogP contribution in [0.2, 0.25) is 0 Å². The van der Waals surface area contributed by atoms with Crippen LogP contribution in [0.3, 0.4) is 0 Å². The van der Waals surface area contributed by atoms with Crippen LogP contribution in [-0.2, 0) is 20.8 Å². The zero-order chi connectivity index (χ0) is 19.9. The van der Waals surface area contributed by atoms with Crippen LogP contribution in [0.15, 0.2) is 36.9 Å². The molecule has 0 saturated carbocycles. The first-order chi connectivity index (χ1) is 13.0. The van der Waals surface area contributed by atoms with Gasteiger partial charge < -0.3 is 18.9 Å². The maximum atomic E-state index is 6.40. The van der Waals surface area contributed by atoms with E-state index in [2.05, 4.69) is 33.3 Å². The first kappa shape index (κ1) is 21.5. The van der Waals surface area contributed by atoms with E-state index in [1.54, 1.807) is 7.11 Å². The molecule has 0 spiro atoms. The quantitative estimate of drug-likeness (QED) is 0.440. The van der Waals surface area contributed by atoms with Gasteiger partial charge in [-0.05, 0) is 36.5 Å². The van der Waals surface area contributed by atoms with Crippen LogP contribution in [0.1, 0.15) is 45.6 Å². The molecule has 4 nitrogen and oxygen atoms in total. The Morgan fingerprint density at radius 2 is 1.93 bits per heavy atom. The summed E-state index contributed by atoms with van der Waals surface area (Å²) in [7, 11) is 1.66. The molecule has 4 heteroatoms. The van der Waals surface area contributed by atoms with Crippen molar-refractivity contribution >= 4 is 0 Å². The summed E-state index contributed by atoms with van der Waals surface area (Å²) in [6, 6.07) is 7.86. The Morgan fingerprint density at radius 1 is 1.26 bits per heavy atom. The SMILES string of the molecule is C#CC[C@@H](C)[C@@H](OCc1ccc(OC)cc1)[C@H]1OC(CC)(CC)O[C@@H]1C=C. The third-order valence-corrected chi connectivity index (χ3v) is 5.26. The Labute approximate surface area is 163 Å². The van der Waals surface area contributed by atoms with Gasteiger partial charge in [-0.1, -0.05) is 39.0 Å². The average Bonchev–Trinajstić information content (AvgIpc) is 3.08. The van der Waals surface area contributed by atoms with Crippen molar-refractivity contribution < 1.29 is 18.9 Å². The molecule has 0 amide bonds. The summed E-state index contributed by atoms with van der Waals surface area (Å²) < 4.78 is 24.1. The van der Waals surface area contributed by atoms with Crippen LogP contribution < -0.4 is 4.74 Å². The predicted octanol–water partition coefficient (Wildman–Crippen LogP) is 4.73. The van der Waals surface area contributed by atoms with Gasteiger partial charge in [-0.25, -0.2) is 0 Å². The maximum Gasteiger partial charge on any atom is 0.169 e.